The maximum Gasteiger partial charge on any atom is 0.336 e. The van der Waals surface area contributed by atoms with Crippen molar-refractivity contribution in [3.05, 3.63) is 90.0 Å². The average Bonchev–Trinajstić information content (AvgIpc) is 2.73. The summed E-state index contributed by atoms with van der Waals surface area (Å²) in [6, 6.07) is 24.3. The molecule has 1 N–H and O–H groups in total. The van der Waals surface area contributed by atoms with Crippen molar-refractivity contribution >= 4 is 17.6 Å². The predicted molar refractivity (Wildman–Crippen MR) is 111 cm³/mol. The van der Waals surface area contributed by atoms with Gasteiger partial charge in [-0.1, -0.05) is 67.6 Å². The summed E-state index contributed by atoms with van der Waals surface area (Å²) in [5.41, 5.74) is 3.67. The van der Waals surface area contributed by atoms with Gasteiger partial charge in [-0.15, -0.1) is 0 Å². The first-order valence-corrected chi connectivity index (χ1v) is 9.37. The summed E-state index contributed by atoms with van der Waals surface area (Å²) in [5.74, 6) is -0.853. The van der Waals surface area contributed by atoms with E-state index in [0.717, 1.165) is 23.2 Å². The Balaban J connectivity index is 1.86. The number of carboxylic acid groups (broad SMARTS) is 1. The van der Waals surface area contributed by atoms with Crippen molar-refractivity contribution in [2.24, 2.45) is 0 Å². The lowest BCUT2D eigenvalue weighted by molar-refractivity contribution is -0.118. The van der Waals surface area contributed by atoms with E-state index in [-0.39, 0.29) is 11.5 Å². The number of anilines is 1. The van der Waals surface area contributed by atoms with E-state index in [1.54, 1.807) is 23.1 Å². The molecule has 3 rings (SSSR count). The highest BCUT2D eigenvalue weighted by molar-refractivity contribution is 5.96. The first-order chi connectivity index (χ1) is 13.6. The average molecular weight is 373 g/mol. The fourth-order valence-corrected chi connectivity index (χ4v) is 3.17. The van der Waals surface area contributed by atoms with Crippen LogP contribution in [0.2, 0.25) is 0 Å². The fraction of sp³-hybridized carbons (Fsp3) is 0.167. The molecule has 0 unspecified atom stereocenters. The van der Waals surface area contributed by atoms with E-state index in [0.29, 0.717) is 18.5 Å². The van der Waals surface area contributed by atoms with Crippen LogP contribution in [0.3, 0.4) is 0 Å². The minimum Gasteiger partial charge on any atom is -0.478 e. The van der Waals surface area contributed by atoms with Gasteiger partial charge in [0.1, 0.15) is 0 Å². The van der Waals surface area contributed by atoms with Gasteiger partial charge in [-0.2, -0.15) is 0 Å². The van der Waals surface area contributed by atoms with Crippen LogP contribution < -0.4 is 4.90 Å². The number of para-hydroxylation sites is 1. The zero-order valence-corrected chi connectivity index (χ0v) is 15.8. The lowest BCUT2D eigenvalue weighted by Crippen LogP contribution is -2.29. The van der Waals surface area contributed by atoms with Crippen LogP contribution in [0.5, 0.6) is 0 Å². The third kappa shape index (κ3) is 4.46. The Bertz CT molecular complexity index is 949. The minimum atomic E-state index is -0.944. The molecule has 0 atom stereocenters. The number of rotatable bonds is 7. The van der Waals surface area contributed by atoms with Crippen LogP contribution in [0.25, 0.3) is 11.1 Å². The molecule has 0 aliphatic carbocycles. The number of hydrogen-bond donors (Lipinski definition) is 1. The van der Waals surface area contributed by atoms with Crippen molar-refractivity contribution < 1.29 is 14.7 Å². The molecule has 0 aromatic heterocycles. The monoisotopic (exact) mass is 373 g/mol. The van der Waals surface area contributed by atoms with Crippen LogP contribution >= 0.6 is 0 Å². The van der Waals surface area contributed by atoms with Gasteiger partial charge in [0.2, 0.25) is 5.91 Å². The summed E-state index contributed by atoms with van der Waals surface area (Å²) in [5, 5.41) is 9.39. The van der Waals surface area contributed by atoms with E-state index in [1.165, 1.54) is 0 Å². The van der Waals surface area contributed by atoms with Crippen LogP contribution in [0.15, 0.2) is 78.9 Å². The third-order valence-electron chi connectivity index (χ3n) is 4.60. The van der Waals surface area contributed by atoms with Gasteiger partial charge in [0.05, 0.1) is 12.1 Å². The highest BCUT2D eigenvalue weighted by Gasteiger charge is 2.16. The van der Waals surface area contributed by atoms with Crippen LogP contribution in [-0.2, 0) is 11.3 Å². The van der Waals surface area contributed by atoms with E-state index >= 15 is 0 Å². The molecule has 1 amide bonds. The fourth-order valence-electron chi connectivity index (χ4n) is 3.17. The van der Waals surface area contributed by atoms with Gasteiger partial charge in [0.25, 0.3) is 0 Å². The normalized spacial score (nSPS) is 10.5. The number of hydrogen-bond acceptors (Lipinski definition) is 2. The minimum absolute atomic E-state index is 0.0917. The van der Waals surface area contributed by atoms with Crippen LogP contribution in [0.1, 0.15) is 35.7 Å². The number of carbonyl (C=O) groups is 2. The zero-order valence-electron chi connectivity index (χ0n) is 15.8. The predicted octanol–water partition coefficient (Wildman–Crippen LogP) is 5.39. The van der Waals surface area contributed by atoms with Crippen LogP contribution in [0, 0.1) is 0 Å². The van der Waals surface area contributed by atoms with Gasteiger partial charge in [-0.3, -0.25) is 4.79 Å². The second kappa shape index (κ2) is 9.00. The lowest BCUT2D eigenvalue weighted by atomic mass is 9.98. The van der Waals surface area contributed by atoms with Gasteiger partial charge in [0, 0.05) is 12.1 Å². The first-order valence-electron chi connectivity index (χ1n) is 9.37. The van der Waals surface area contributed by atoms with Gasteiger partial charge >= 0.3 is 5.97 Å². The molecule has 3 aromatic rings. The molecule has 0 radical (unpaired) electrons. The van der Waals surface area contributed by atoms with E-state index in [2.05, 4.69) is 0 Å². The summed E-state index contributed by atoms with van der Waals surface area (Å²) >= 11 is 0. The summed E-state index contributed by atoms with van der Waals surface area (Å²) in [6.45, 7) is 2.47. The Labute approximate surface area is 165 Å². The Kier molecular flexibility index (Phi) is 6.22. The third-order valence-corrected chi connectivity index (χ3v) is 4.60. The molecule has 0 heterocycles. The number of carboxylic acids is 1. The lowest BCUT2D eigenvalue weighted by Gasteiger charge is -2.23. The van der Waals surface area contributed by atoms with Crippen LogP contribution in [-0.4, -0.2) is 17.0 Å². The zero-order chi connectivity index (χ0) is 19.9. The molecule has 3 aromatic carbocycles. The summed E-state index contributed by atoms with van der Waals surface area (Å²) in [4.78, 5) is 25.9. The van der Waals surface area contributed by atoms with Crippen LogP contribution in [0.4, 0.5) is 5.69 Å². The standard InChI is InChI=1S/C24H23NO3/c1-2-8-23(26)25(20-9-4-3-5-10-20)17-18-13-15-19(16-14-18)21-11-6-7-12-22(21)24(27)28/h3-7,9-16H,2,8,17H2,1H3,(H,27,28). The van der Waals surface area contributed by atoms with E-state index in [4.69, 9.17) is 0 Å². The molecule has 0 aliphatic heterocycles. The molecule has 0 fully saturated rings. The van der Waals surface area contributed by atoms with Crippen molar-refractivity contribution in [3.8, 4) is 11.1 Å². The Morgan fingerprint density at radius 1 is 0.857 bits per heavy atom. The Morgan fingerprint density at radius 2 is 1.50 bits per heavy atom. The molecule has 0 bridgehead atoms. The number of amides is 1. The van der Waals surface area contributed by atoms with Crippen molar-refractivity contribution in [1.29, 1.82) is 0 Å². The highest BCUT2D eigenvalue weighted by Crippen LogP contribution is 2.25. The Hall–Kier alpha value is -3.40. The van der Waals surface area contributed by atoms with Crippen molar-refractivity contribution in [2.75, 3.05) is 4.90 Å². The van der Waals surface area contributed by atoms with E-state index < -0.39 is 5.97 Å². The largest absolute Gasteiger partial charge is 0.478 e. The van der Waals surface area contributed by atoms with Crippen molar-refractivity contribution in [3.63, 3.8) is 0 Å². The molecule has 142 valence electrons. The number of aromatic carboxylic acids is 1. The molecule has 0 saturated carbocycles. The SMILES string of the molecule is CCCC(=O)N(Cc1ccc(-c2ccccc2C(=O)O)cc1)c1ccccc1. The Morgan fingerprint density at radius 3 is 2.14 bits per heavy atom. The molecule has 4 heteroatoms. The summed E-state index contributed by atoms with van der Waals surface area (Å²) in [6.07, 6.45) is 1.30. The maximum absolute atomic E-state index is 12.6. The van der Waals surface area contributed by atoms with Crippen molar-refractivity contribution in [2.45, 2.75) is 26.3 Å². The maximum atomic E-state index is 12.6. The molecular formula is C24H23NO3. The van der Waals surface area contributed by atoms with Gasteiger partial charge < -0.3 is 10.0 Å². The molecule has 0 spiro atoms. The first kappa shape index (κ1) is 19.4. The topological polar surface area (TPSA) is 57.6 Å². The second-order valence-electron chi connectivity index (χ2n) is 6.61. The van der Waals surface area contributed by atoms with Gasteiger partial charge in [0.15, 0.2) is 0 Å². The molecule has 4 nitrogen and oxygen atoms in total. The molecule has 28 heavy (non-hydrogen) atoms. The van der Waals surface area contributed by atoms with Gasteiger partial charge in [-0.25, -0.2) is 4.79 Å². The second-order valence-corrected chi connectivity index (χ2v) is 6.61. The van der Waals surface area contributed by atoms with E-state index in [1.807, 2.05) is 67.6 Å². The highest BCUT2D eigenvalue weighted by atomic mass is 16.4. The summed E-state index contributed by atoms with van der Waals surface area (Å²) < 4.78 is 0. The smallest absolute Gasteiger partial charge is 0.336 e. The molecule has 0 saturated heterocycles. The van der Waals surface area contributed by atoms with Crippen molar-refractivity contribution in [1.82, 2.24) is 0 Å². The van der Waals surface area contributed by atoms with E-state index in [9.17, 15) is 14.7 Å². The molecule has 0 aliphatic rings. The number of carbonyl (C=O) groups excluding carboxylic acids is 1. The number of benzene rings is 3. The van der Waals surface area contributed by atoms with Gasteiger partial charge in [-0.05, 0) is 41.3 Å². The summed E-state index contributed by atoms with van der Waals surface area (Å²) in [7, 11) is 0. The quantitative estimate of drug-likeness (QED) is 0.604. The number of nitrogens with zero attached hydrogens (tertiary/aromatic N) is 1. The molecular weight excluding hydrogens is 350 g/mol.